The van der Waals surface area contributed by atoms with Gasteiger partial charge in [-0.25, -0.2) is 18.5 Å². The van der Waals surface area contributed by atoms with Gasteiger partial charge < -0.3 is 9.30 Å². The fraction of sp³-hybridized carbons (Fsp3) is 0.727. The van der Waals surface area contributed by atoms with Crippen LogP contribution in [-0.4, -0.2) is 31.2 Å². The smallest absolute Gasteiger partial charge is 0.257 e. The molecular weight excluding hydrogens is 254 g/mol. The summed E-state index contributed by atoms with van der Waals surface area (Å²) in [6.45, 7) is 4.30. The van der Waals surface area contributed by atoms with E-state index in [0.29, 0.717) is 5.92 Å². The van der Waals surface area contributed by atoms with Gasteiger partial charge in [0.05, 0.1) is 6.61 Å². The molecule has 0 saturated carbocycles. The number of primary sulfonamides is 1. The van der Waals surface area contributed by atoms with E-state index in [0.717, 1.165) is 44.8 Å². The van der Waals surface area contributed by atoms with E-state index in [1.807, 2.05) is 11.5 Å². The number of nitrogens with two attached hydrogens (primary N) is 1. The van der Waals surface area contributed by atoms with E-state index in [1.54, 1.807) is 6.20 Å². The number of aromatic nitrogens is 2. The third-order valence-corrected chi connectivity index (χ3v) is 3.86. The van der Waals surface area contributed by atoms with Gasteiger partial charge in [-0.1, -0.05) is 6.92 Å². The van der Waals surface area contributed by atoms with Gasteiger partial charge in [-0.3, -0.25) is 0 Å². The standard InChI is InChI=1S/C11H19N3O3S/c1-2-3-10-13-11(18(12,15)16)7-14(10)6-9-4-5-17-8-9/h7,9H,2-6,8H2,1H3,(H2,12,15,16). The third-order valence-electron chi connectivity index (χ3n) is 3.08. The molecule has 7 heteroatoms. The number of hydrogen-bond acceptors (Lipinski definition) is 4. The third kappa shape index (κ3) is 3.09. The molecular formula is C11H19N3O3S. The van der Waals surface area contributed by atoms with Gasteiger partial charge in [0.15, 0.2) is 5.03 Å². The molecule has 2 rings (SSSR count). The number of nitrogens with zero attached hydrogens (tertiary/aromatic N) is 2. The first kappa shape index (κ1) is 13.5. The average Bonchev–Trinajstić information content (AvgIpc) is 2.89. The summed E-state index contributed by atoms with van der Waals surface area (Å²) in [6.07, 6.45) is 4.22. The largest absolute Gasteiger partial charge is 0.381 e. The first-order valence-corrected chi connectivity index (χ1v) is 7.72. The Kier molecular flexibility index (Phi) is 4.04. The topological polar surface area (TPSA) is 87.2 Å². The number of hydrogen-bond donors (Lipinski definition) is 1. The lowest BCUT2D eigenvalue weighted by molar-refractivity contribution is 0.182. The molecule has 1 aliphatic rings. The predicted molar refractivity (Wildman–Crippen MR) is 66.5 cm³/mol. The maximum atomic E-state index is 11.3. The normalized spacial score (nSPS) is 20.4. The van der Waals surface area contributed by atoms with Crippen molar-refractivity contribution in [2.24, 2.45) is 11.1 Å². The Balaban J connectivity index is 2.23. The number of imidazole rings is 1. The van der Waals surface area contributed by atoms with Crippen LogP contribution in [-0.2, 0) is 27.7 Å². The van der Waals surface area contributed by atoms with Crippen molar-refractivity contribution in [3.05, 3.63) is 12.0 Å². The highest BCUT2D eigenvalue weighted by atomic mass is 32.2. The van der Waals surface area contributed by atoms with Gasteiger partial charge in [0.1, 0.15) is 5.82 Å². The Hall–Kier alpha value is -0.920. The highest BCUT2D eigenvalue weighted by molar-refractivity contribution is 7.89. The van der Waals surface area contributed by atoms with E-state index in [1.165, 1.54) is 0 Å². The van der Waals surface area contributed by atoms with E-state index in [2.05, 4.69) is 4.98 Å². The van der Waals surface area contributed by atoms with Gasteiger partial charge in [-0.05, 0) is 12.8 Å². The van der Waals surface area contributed by atoms with Crippen LogP contribution >= 0.6 is 0 Å². The Morgan fingerprint density at radius 1 is 1.61 bits per heavy atom. The van der Waals surface area contributed by atoms with E-state index in [9.17, 15) is 8.42 Å². The second kappa shape index (κ2) is 5.38. The van der Waals surface area contributed by atoms with Crippen LogP contribution in [0.25, 0.3) is 0 Å². The molecule has 1 fully saturated rings. The van der Waals surface area contributed by atoms with Crippen molar-refractivity contribution in [1.82, 2.24) is 9.55 Å². The van der Waals surface area contributed by atoms with Crippen molar-refractivity contribution in [1.29, 1.82) is 0 Å². The summed E-state index contributed by atoms with van der Waals surface area (Å²) in [7, 11) is -3.72. The summed E-state index contributed by atoms with van der Waals surface area (Å²) in [5.74, 6) is 1.22. The summed E-state index contributed by atoms with van der Waals surface area (Å²) in [5, 5.41) is 5.08. The lowest BCUT2D eigenvalue weighted by Gasteiger charge is -2.11. The molecule has 0 amide bonds. The second-order valence-electron chi connectivity index (χ2n) is 4.67. The molecule has 6 nitrogen and oxygen atoms in total. The van der Waals surface area contributed by atoms with Crippen LogP contribution in [0.15, 0.2) is 11.2 Å². The van der Waals surface area contributed by atoms with Crippen LogP contribution in [0.5, 0.6) is 0 Å². The van der Waals surface area contributed by atoms with Gasteiger partial charge in [0.25, 0.3) is 10.0 Å². The van der Waals surface area contributed by atoms with Gasteiger partial charge >= 0.3 is 0 Å². The predicted octanol–water partition coefficient (Wildman–Crippen LogP) is 0.520. The van der Waals surface area contributed by atoms with Crippen LogP contribution in [0.1, 0.15) is 25.6 Å². The van der Waals surface area contributed by atoms with Gasteiger partial charge in [0, 0.05) is 31.7 Å². The van der Waals surface area contributed by atoms with Gasteiger partial charge in [-0.15, -0.1) is 0 Å². The first-order chi connectivity index (χ1) is 8.50. The van der Waals surface area contributed by atoms with Crippen molar-refractivity contribution in [2.45, 2.75) is 37.8 Å². The zero-order chi connectivity index (χ0) is 13.2. The van der Waals surface area contributed by atoms with Crippen LogP contribution < -0.4 is 5.14 Å². The lowest BCUT2D eigenvalue weighted by Crippen LogP contribution is -2.13. The van der Waals surface area contributed by atoms with E-state index < -0.39 is 10.0 Å². The Morgan fingerprint density at radius 2 is 2.39 bits per heavy atom. The van der Waals surface area contributed by atoms with Crippen LogP contribution in [0, 0.1) is 5.92 Å². The number of aryl methyl sites for hydroxylation is 1. The average molecular weight is 273 g/mol. The van der Waals surface area contributed by atoms with Crippen molar-refractivity contribution in [3.8, 4) is 0 Å². The number of ether oxygens (including phenoxy) is 1. The van der Waals surface area contributed by atoms with Crippen molar-refractivity contribution in [2.75, 3.05) is 13.2 Å². The molecule has 1 aromatic rings. The molecule has 1 aliphatic heterocycles. The lowest BCUT2D eigenvalue weighted by atomic mass is 10.1. The van der Waals surface area contributed by atoms with Crippen molar-refractivity contribution in [3.63, 3.8) is 0 Å². The molecule has 1 aromatic heterocycles. The summed E-state index contributed by atoms with van der Waals surface area (Å²) < 4.78 is 29.9. The maximum Gasteiger partial charge on any atom is 0.257 e. The van der Waals surface area contributed by atoms with E-state index in [-0.39, 0.29) is 5.03 Å². The zero-order valence-electron chi connectivity index (χ0n) is 10.5. The minimum absolute atomic E-state index is 0.0372. The minimum Gasteiger partial charge on any atom is -0.381 e. The molecule has 0 aliphatic carbocycles. The van der Waals surface area contributed by atoms with Gasteiger partial charge in [0.2, 0.25) is 0 Å². The molecule has 2 N–H and O–H groups in total. The van der Waals surface area contributed by atoms with Crippen molar-refractivity contribution < 1.29 is 13.2 Å². The molecule has 0 bridgehead atoms. The van der Waals surface area contributed by atoms with Gasteiger partial charge in [-0.2, -0.15) is 0 Å². The monoisotopic (exact) mass is 273 g/mol. The van der Waals surface area contributed by atoms with Crippen LogP contribution in [0.4, 0.5) is 0 Å². The fourth-order valence-corrected chi connectivity index (χ4v) is 2.66. The minimum atomic E-state index is -3.72. The molecule has 1 saturated heterocycles. The molecule has 0 aromatic carbocycles. The number of sulfonamides is 1. The highest BCUT2D eigenvalue weighted by Crippen LogP contribution is 2.18. The summed E-state index contributed by atoms with van der Waals surface area (Å²) in [5.41, 5.74) is 0. The Bertz CT molecular complexity index is 504. The van der Waals surface area contributed by atoms with Crippen LogP contribution in [0.3, 0.4) is 0 Å². The second-order valence-corrected chi connectivity index (χ2v) is 6.18. The summed E-state index contributed by atoms with van der Waals surface area (Å²) in [6, 6.07) is 0. The van der Waals surface area contributed by atoms with Crippen molar-refractivity contribution >= 4 is 10.0 Å². The van der Waals surface area contributed by atoms with Crippen LogP contribution in [0.2, 0.25) is 0 Å². The molecule has 1 atom stereocenters. The molecule has 0 radical (unpaired) electrons. The Labute approximate surface area is 107 Å². The Morgan fingerprint density at radius 3 is 2.94 bits per heavy atom. The summed E-state index contributed by atoms with van der Waals surface area (Å²) in [4.78, 5) is 4.12. The molecule has 2 heterocycles. The highest BCUT2D eigenvalue weighted by Gasteiger charge is 2.20. The molecule has 0 spiro atoms. The quantitative estimate of drug-likeness (QED) is 0.847. The zero-order valence-corrected chi connectivity index (χ0v) is 11.3. The fourth-order valence-electron chi connectivity index (χ4n) is 2.15. The van der Waals surface area contributed by atoms with E-state index >= 15 is 0 Å². The number of rotatable bonds is 5. The molecule has 18 heavy (non-hydrogen) atoms. The SMILES string of the molecule is CCCc1nc(S(N)(=O)=O)cn1CC1CCOC1. The molecule has 102 valence electrons. The van der Waals surface area contributed by atoms with E-state index in [4.69, 9.17) is 9.88 Å². The first-order valence-electron chi connectivity index (χ1n) is 6.17. The molecule has 1 unspecified atom stereocenters. The summed E-state index contributed by atoms with van der Waals surface area (Å²) >= 11 is 0. The maximum absolute atomic E-state index is 11.3.